The molecule has 0 aromatic rings. The summed E-state index contributed by atoms with van der Waals surface area (Å²) in [5.74, 6) is -2.27. The van der Waals surface area contributed by atoms with E-state index < -0.39 is 24.3 Å². The number of carbonyl (C=O) groups excluding carboxylic acids is 3. The lowest BCUT2D eigenvalue weighted by molar-refractivity contribution is -0.870. The molecule has 2 unspecified atom stereocenters. The average Bonchev–Trinajstić information content (AvgIpc) is 3.38. The zero-order valence-electron chi connectivity index (χ0n) is 49.4. The minimum atomic E-state index is -1.62. The number of carboxylic acids is 1. The van der Waals surface area contributed by atoms with E-state index in [9.17, 15) is 19.5 Å². The molecule has 0 radical (unpaired) electrons. The molecule has 2 atom stereocenters. The molecule has 0 rings (SSSR count). The van der Waals surface area contributed by atoms with Gasteiger partial charge in [0.1, 0.15) is 13.2 Å². The van der Waals surface area contributed by atoms with Gasteiger partial charge in [-0.2, -0.15) is 0 Å². The standard InChI is InChI=1S/C66H117NO8/c1-6-8-10-12-14-16-18-20-21-22-23-24-25-26-27-28-29-30-31-32-33-34-35-36-37-38-39-40-41-42-43-45-47-49-51-53-55-57-64(69)75-62(61-74-66(65(70)71)72-59-58-67(3,4)5)60-73-63(68)56-54-52-50-48-46-44-19-17-15-13-11-9-7-2/h8,10,14,16,20-21,23-24,26-27,29-30,62,66H,6-7,9,11-13,15,17-19,22,25,28,31-61H2,1-5H3/b10-8-,16-14-,21-20-,24-23-,27-26-,30-29-. The third-order valence-corrected chi connectivity index (χ3v) is 13.5. The SMILES string of the molecule is CC/C=C\C/C=C\C/C=C\C/C=C\C/C=C\C/C=C\CCCCCCCCCCCCCCCCCCCCC(=O)OC(COC(=O)CCCCCCCCCCCCCCC)COC(OCC[N+](C)(C)C)C(=O)[O-]. The van der Waals surface area contributed by atoms with Crippen LogP contribution in [-0.2, 0) is 33.3 Å². The van der Waals surface area contributed by atoms with Crippen LogP contribution in [0.2, 0.25) is 0 Å². The van der Waals surface area contributed by atoms with Gasteiger partial charge >= 0.3 is 11.9 Å². The van der Waals surface area contributed by atoms with Gasteiger partial charge in [0.15, 0.2) is 12.4 Å². The summed E-state index contributed by atoms with van der Waals surface area (Å²) in [7, 11) is 5.93. The number of likely N-dealkylation sites (N-methyl/N-ethyl adjacent to an activating group) is 1. The highest BCUT2D eigenvalue weighted by Gasteiger charge is 2.22. The number of carbonyl (C=O) groups is 3. The summed E-state index contributed by atoms with van der Waals surface area (Å²) in [6, 6.07) is 0. The third-order valence-electron chi connectivity index (χ3n) is 13.5. The molecule has 0 aliphatic rings. The molecule has 0 spiro atoms. The lowest BCUT2D eigenvalue weighted by Gasteiger charge is -2.26. The highest BCUT2D eigenvalue weighted by Crippen LogP contribution is 2.17. The first-order chi connectivity index (χ1) is 36.6. The molecule has 0 fully saturated rings. The van der Waals surface area contributed by atoms with E-state index in [1.165, 1.54) is 167 Å². The molecular formula is C66H117NO8. The van der Waals surface area contributed by atoms with Gasteiger partial charge in [0.05, 0.1) is 40.3 Å². The van der Waals surface area contributed by atoms with Crippen molar-refractivity contribution in [2.24, 2.45) is 0 Å². The van der Waals surface area contributed by atoms with E-state index in [1.54, 1.807) is 0 Å². The Morgan fingerprint density at radius 1 is 0.413 bits per heavy atom. The molecule has 0 N–H and O–H groups in total. The summed E-state index contributed by atoms with van der Waals surface area (Å²) >= 11 is 0. The summed E-state index contributed by atoms with van der Waals surface area (Å²) in [6.45, 7) is 4.65. The predicted molar refractivity (Wildman–Crippen MR) is 315 cm³/mol. The third kappa shape index (κ3) is 58.3. The molecule has 0 bridgehead atoms. The monoisotopic (exact) mass is 1050 g/mol. The van der Waals surface area contributed by atoms with Crippen LogP contribution in [0, 0.1) is 0 Å². The van der Waals surface area contributed by atoms with Gasteiger partial charge < -0.3 is 33.3 Å². The van der Waals surface area contributed by atoms with Crippen LogP contribution in [0.3, 0.4) is 0 Å². The van der Waals surface area contributed by atoms with Crippen LogP contribution in [0.25, 0.3) is 0 Å². The fraction of sp³-hybridized carbons (Fsp3) is 0.773. The van der Waals surface area contributed by atoms with Crippen molar-refractivity contribution in [1.29, 1.82) is 0 Å². The van der Waals surface area contributed by atoms with Gasteiger partial charge in [0.25, 0.3) is 0 Å². The van der Waals surface area contributed by atoms with E-state index in [0.717, 1.165) is 70.6 Å². The Labute approximate surface area is 462 Å². The number of esters is 2. The van der Waals surface area contributed by atoms with Crippen LogP contribution in [0.1, 0.15) is 271 Å². The molecule has 0 aromatic heterocycles. The van der Waals surface area contributed by atoms with E-state index in [1.807, 2.05) is 21.1 Å². The Hall–Kier alpha value is -3.27. The van der Waals surface area contributed by atoms with Gasteiger partial charge in [-0.15, -0.1) is 0 Å². The van der Waals surface area contributed by atoms with Crippen molar-refractivity contribution in [3.63, 3.8) is 0 Å². The second-order valence-corrected chi connectivity index (χ2v) is 22.0. The average molecular weight is 1050 g/mol. The summed E-state index contributed by atoms with van der Waals surface area (Å²) in [5, 5.41) is 11.8. The zero-order chi connectivity index (χ0) is 54.8. The van der Waals surface area contributed by atoms with E-state index in [2.05, 4.69) is 86.8 Å². The normalized spacial score (nSPS) is 13.2. The summed E-state index contributed by atoms with van der Waals surface area (Å²) in [5.41, 5.74) is 0. The predicted octanol–water partition coefficient (Wildman–Crippen LogP) is 17.2. The molecule has 434 valence electrons. The van der Waals surface area contributed by atoms with Gasteiger partial charge in [-0.1, -0.05) is 267 Å². The van der Waals surface area contributed by atoms with Crippen molar-refractivity contribution in [3.8, 4) is 0 Å². The molecule has 0 aliphatic carbocycles. The summed E-state index contributed by atoms with van der Waals surface area (Å²) in [6.07, 6.45) is 71.2. The Balaban J connectivity index is 4.02. The number of hydrogen-bond donors (Lipinski definition) is 0. The molecule has 0 aliphatic heterocycles. The number of carboxylic acid groups (broad SMARTS) is 1. The first-order valence-corrected chi connectivity index (χ1v) is 31.1. The van der Waals surface area contributed by atoms with Gasteiger partial charge in [-0.3, -0.25) is 9.59 Å². The largest absolute Gasteiger partial charge is 0.545 e. The second-order valence-electron chi connectivity index (χ2n) is 22.0. The van der Waals surface area contributed by atoms with Crippen molar-refractivity contribution in [1.82, 2.24) is 0 Å². The number of hydrogen-bond acceptors (Lipinski definition) is 8. The lowest BCUT2D eigenvalue weighted by Crippen LogP contribution is -2.44. The zero-order valence-corrected chi connectivity index (χ0v) is 49.4. The van der Waals surface area contributed by atoms with Gasteiger partial charge in [0, 0.05) is 12.8 Å². The topological polar surface area (TPSA) is 111 Å². The van der Waals surface area contributed by atoms with Gasteiger partial charge in [0.2, 0.25) is 0 Å². The van der Waals surface area contributed by atoms with E-state index in [4.69, 9.17) is 18.9 Å². The fourth-order valence-electron chi connectivity index (χ4n) is 8.72. The number of quaternary nitrogens is 1. The van der Waals surface area contributed by atoms with Crippen LogP contribution in [0.5, 0.6) is 0 Å². The first kappa shape index (κ1) is 71.7. The lowest BCUT2D eigenvalue weighted by atomic mass is 10.0. The molecule has 75 heavy (non-hydrogen) atoms. The van der Waals surface area contributed by atoms with Crippen LogP contribution >= 0.6 is 0 Å². The minimum Gasteiger partial charge on any atom is -0.545 e. The molecule has 9 nitrogen and oxygen atoms in total. The van der Waals surface area contributed by atoms with Crippen molar-refractivity contribution < 1.29 is 42.9 Å². The quantitative estimate of drug-likeness (QED) is 0.0195. The maximum absolute atomic E-state index is 12.9. The van der Waals surface area contributed by atoms with Crippen molar-refractivity contribution >= 4 is 17.9 Å². The Morgan fingerprint density at radius 3 is 1.13 bits per heavy atom. The molecule has 0 amide bonds. The fourth-order valence-corrected chi connectivity index (χ4v) is 8.72. The van der Waals surface area contributed by atoms with Crippen LogP contribution in [-0.4, -0.2) is 82.3 Å². The molecule has 0 aromatic carbocycles. The molecule has 9 heteroatoms. The van der Waals surface area contributed by atoms with Gasteiger partial charge in [-0.25, -0.2) is 0 Å². The van der Waals surface area contributed by atoms with Crippen molar-refractivity contribution in [2.45, 2.75) is 283 Å². The van der Waals surface area contributed by atoms with E-state index in [0.29, 0.717) is 23.9 Å². The number of nitrogens with zero attached hydrogens (tertiary/aromatic N) is 1. The number of allylic oxidation sites excluding steroid dienone is 12. The summed E-state index contributed by atoms with van der Waals surface area (Å²) < 4.78 is 22.7. The first-order valence-electron chi connectivity index (χ1n) is 31.1. The highest BCUT2D eigenvalue weighted by atomic mass is 16.7. The minimum absolute atomic E-state index is 0.149. The number of unbranched alkanes of at least 4 members (excludes halogenated alkanes) is 30. The highest BCUT2D eigenvalue weighted by molar-refractivity contribution is 5.70. The molecule has 0 saturated heterocycles. The molecule has 0 heterocycles. The maximum Gasteiger partial charge on any atom is 0.306 e. The molecule has 0 saturated carbocycles. The van der Waals surface area contributed by atoms with Crippen LogP contribution in [0.4, 0.5) is 0 Å². The number of aliphatic carboxylic acids is 1. The van der Waals surface area contributed by atoms with Crippen LogP contribution < -0.4 is 5.11 Å². The molecular weight excluding hydrogens is 935 g/mol. The Kier molecular flexibility index (Phi) is 54.4. The van der Waals surface area contributed by atoms with Gasteiger partial charge in [-0.05, 0) is 64.2 Å². The van der Waals surface area contributed by atoms with Crippen molar-refractivity contribution in [3.05, 3.63) is 72.9 Å². The Bertz CT molecular complexity index is 1460. The second kappa shape index (κ2) is 56.9. The smallest absolute Gasteiger partial charge is 0.306 e. The summed E-state index contributed by atoms with van der Waals surface area (Å²) in [4.78, 5) is 37.2. The number of ether oxygens (including phenoxy) is 4. The maximum atomic E-state index is 12.9. The van der Waals surface area contributed by atoms with Crippen LogP contribution in [0.15, 0.2) is 72.9 Å². The Morgan fingerprint density at radius 2 is 0.760 bits per heavy atom. The van der Waals surface area contributed by atoms with E-state index >= 15 is 0 Å². The van der Waals surface area contributed by atoms with Crippen molar-refractivity contribution in [2.75, 3.05) is 47.5 Å². The van der Waals surface area contributed by atoms with E-state index in [-0.39, 0.29) is 32.2 Å². The number of rotatable bonds is 57.